The maximum Gasteiger partial charge on any atom is 0.0175 e. The van der Waals surface area contributed by atoms with Gasteiger partial charge in [0, 0.05) is 18.8 Å². The van der Waals surface area contributed by atoms with Gasteiger partial charge in [0.1, 0.15) is 0 Å². The first-order chi connectivity index (χ1) is 8.86. The molecule has 1 heteroatoms. The van der Waals surface area contributed by atoms with Crippen molar-refractivity contribution in [3.63, 3.8) is 0 Å². The van der Waals surface area contributed by atoms with Gasteiger partial charge in [-0.3, -0.25) is 0 Å². The Balaban J connectivity index is 1.84. The van der Waals surface area contributed by atoms with E-state index in [2.05, 4.69) is 36.1 Å². The van der Waals surface area contributed by atoms with Crippen molar-refractivity contribution in [1.29, 1.82) is 0 Å². The highest BCUT2D eigenvalue weighted by atomic mass is 15.1. The predicted octanol–water partition coefficient (Wildman–Crippen LogP) is 4.02. The van der Waals surface area contributed by atoms with E-state index in [-0.39, 0.29) is 0 Å². The molecule has 0 atom stereocenters. The molecule has 1 aromatic carbocycles. The van der Waals surface area contributed by atoms with Gasteiger partial charge in [-0.25, -0.2) is 0 Å². The molecule has 1 heterocycles. The average Bonchev–Trinajstić information content (AvgIpc) is 2.47. The van der Waals surface area contributed by atoms with Crippen LogP contribution in [0.1, 0.15) is 49.3 Å². The van der Waals surface area contributed by atoms with E-state index in [0.29, 0.717) is 0 Å². The summed E-state index contributed by atoms with van der Waals surface area (Å²) in [6, 6.07) is 7.00. The first-order valence-corrected chi connectivity index (χ1v) is 7.44. The third-order valence-corrected chi connectivity index (χ3v) is 4.35. The van der Waals surface area contributed by atoms with Crippen LogP contribution in [0, 0.1) is 0 Å². The van der Waals surface area contributed by atoms with E-state index in [4.69, 9.17) is 0 Å². The van der Waals surface area contributed by atoms with Crippen LogP contribution in [0.3, 0.4) is 0 Å². The lowest BCUT2D eigenvalue weighted by atomic mass is 9.92. The maximum atomic E-state index is 2.61. The molecular formula is C17H23N. The van der Waals surface area contributed by atoms with Crippen LogP contribution in [0.25, 0.3) is 6.08 Å². The minimum absolute atomic E-state index is 1.15. The molecular weight excluding hydrogens is 218 g/mol. The van der Waals surface area contributed by atoms with Crippen LogP contribution in [0.15, 0.2) is 23.9 Å². The Morgan fingerprint density at radius 1 is 1.06 bits per heavy atom. The molecule has 3 rings (SSSR count). The Morgan fingerprint density at radius 3 is 2.67 bits per heavy atom. The van der Waals surface area contributed by atoms with Gasteiger partial charge in [-0.05, 0) is 61.3 Å². The number of fused-ring (bicyclic) bond motifs is 1. The molecule has 2 aliphatic rings. The van der Waals surface area contributed by atoms with Crippen LogP contribution < -0.4 is 0 Å². The zero-order valence-corrected chi connectivity index (χ0v) is 11.4. The summed E-state index contributed by atoms with van der Waals surface area (Å²) in [5.74, 6) is 0. The summed E-state index contributed by atoms with van der Waals surface area (Å²) in [6.07, 6.45) is 10.2. The molecule has 0 aromatic heterocycles. The second-order valence-corrected chi connectivity index (χ2v) is 5.57. The van der Waals surface area contributed by atoms with Gasteiger partial charge in [0.15, 0.2) is 0 Å². The van der Waals surface area contributed by atoms with E-state index in [1.54, 1.807) is 11.3 Å². The molecule has 1 nitrogen and oxygen atoms in total. The molecule has 0 spiro atoms. The van der Waals surface area contributed by atoms with E-state index < -0.39 is 0 Å². The second kappa shape index (κ2) is 5.17. The monoisotopic (exact) mass is 241 g/mol. The van der Waals surface area contributed by atoms with Gasteiger partial charge >= 0.3 is 0 Å². The van der Waals surface area contributed by atoms with E-state index in [1.165, 1.54) is 56.3 Å². The zero-order chi connectivity index (χ0) is 12.4. The summed E-state index contributed by atoms with van der Waals surface area (Å²) < 4.78 is 0. The predicted molar refractivity (Wildman–Crippen MR) is 77.5 cm³/mol. The van der Waals surface area contributed by atoms with Gasteiger partial charge in [-0.15, -0.1) is 0 Å². The molecule has 1 aliphatic heterocycles. The van der Waals surface area contributed by atoms with Crippen molar-refractivity contribution in [3.8, 4) is 0 Å². The molecule has 0 bridgehead atoms. The van der Waals surface area contributed by atoms with Crippen molar-refractivity contribution in [3.05, 3.63) is 40.6 Å². The lowest BCUT2D eigenvalue weighted by Gasteiger charge is -2.33. The van der Waals surface area contributed by atoms with Crippen LogP contribution in [-0.4, -0.2) is 18.0 Å². The van der Waals surface area contributed by atoms with Gasteiger partial charge in [0.05, 0.1) is 0 Å². The maximum absolute atomic E-state index is 2.61. The molecule has 0 N–H and O–H groups in total. The van der Waals surface area contributed by atoms with Gasteiger partial charge in [0.2, 0.25) is 0 Å². The van der Waals surface area contributed by atoms with E-state index in [1.807, 2.05) is 0 Å². The number of nitrogens with zero attached hydrogens (tertiary/aromatic N) is 1. The van der Waals surface area contributed by atoms with Crippen LogP contribution >= 0.6 is 0 Å². The summed E-state index contributed by atoms with van der Waals surface area (Å²) in [4.78, 5) is 2.61. The highest BCUT2D eigenvalue weighted by Gasteiger charge is 2.17. The van der Waals surface area contributed by atoms with Crippen molar-refractivity contribution in [1.82, 2.24) is 4.90 Å². The van der Waals surface area contributed by atoms with Gasteiger partial charge in [0.25, 0.3) is 0 Å². The summed E-state index contributed by atoms with van der Waals surface area (Å²) in [5.41, 5.74) is 6.06. The molecule has 0 amide bonds. The van der Waals surface area contributed by atoms with Gasteiger partial charge < -0.3 is 4.90 Å². The Bertz CT molecular complexity index is 453. The molecule has 1 fully saturated rings. The zero-order valence-electron chi connectivity index (χ0n) is 11.4. The normalized spacial score (nSPS) is 19.4. The molecule has 0 saturated carbocycles. The summed E-state index contributed by atoms with van der Waals surface area (Å²) >= 11 is 0. The number of piperidine rings is 1. The molecule has 96 valence electrons. The van der Waals surface area contributed by atoms with Crippen molar-refractivity contribution < 1.29 is 0 Å². The Morgan fingerprint density at radius 2 is 1.89 bits per heavy atom. The minimum Gasteiger partial charge on any atom is -0.375 e. The smallest absolute Gasteiger partial charge is 0.0175 e. The third-order valence-electron chi connectivity index (χ3n) is 4.35. The van der Waals surface area contributed by atoms with E-state index in [9.17, 15) is 0 Å². The fraction of sp³-hybridized carbons (Fsp3) is 0.529. The highest BCUT2D eigenvalue weighted by molar-refractivity contribution is 5.60. The molecule has 1 saturated heterocycles. The average molecular weight is 241 g/mol. The first-order valence-electron chi connectivity index (χ1n) is 7.44. The Hall–Kier alpha value is -1.24. The lowest BCUT2D eigenvalue weighted by molar-refractivity contribution is 0.278. The van der Waals surface area contributed by atoms with E-state index in [0.717, 1.165) is 6.42 Å². The Kier molecular flexibility index (Phi) is 3.40. The molecule has 1 aromatic rings. The number of hydrogen-bond acceptors (Lipinski definition) is 1. The van der Waals surface area contributed by atoms with Crippen molar-refractivity contribution >= 4 is 6.08 Å². The summed E-state index contributed by atoms with van der Waals surface area (Å²) in [7, 11) is 0. The fourth-order valence-corrected chi connectivity index (χ4v) is 3.18. The lowest BCUT2D eigenvalue weighted by Crippen LogP contribution is -2.30. The summed E-state index contributed by atoms with van der Waals surface area (Å²) in [6.45, 7) is 4.78. The molecule has 0 radical (unpaired) electrons. The van der Waals surface area contributed by atoms with Crippen LogP contribution in [0.2, 0.25) is 0 Å². The quantitative estimate of drug-likeness (QED) is 0.756. The number of aryl methyl sites for hydroxylation is 2. The number of benzene rings is 1. The SMILES string of the molecule is CCc1ccc2c(c1)CCC(N1CCCCC1)=C2. The van der Waals surface area contributed by atoms with Crippen molar-refractivity contribution in [2.75, 3.05) is 13.1 Å². The molecule has 18 heavy (non-hydrogen) atoms. The third kappa shape index (κ3) is 2.31. The van der Waals surface area contributed by atoms with Gasteiger partial charge in [-0.2, -0.15) is 0 Å². The second-order valence-electron chi connectivity index (χ2n) is 5.57. The van der Waals surface area contributed by atoms with Crippen molar-refractivity contribution in [2.24, 2.45) is 0 Å². The van der Waals surface area contributed by atoms with Crippen LogP contribution in [0.5, 0.6) is 0 Å². The Labute approximate surface area is 111 Å². The topological polar surface area (TPSA) is 3.24 Å². The fourth-order valence-electron chi connectivity index (χ4n) is 3.18. The largest absolute Gasteiger partial charge is 0.375 e. The number of hydrogen-bond donors (Lipinski definition) is 0. The summed E-state index contributed by atoms with van der Waals surface area (Å²) in [5, 5.41) is 0. The van der Waals surface area contributed by atoms with Crippen LogP contribution in [0.4, 0.5) is 0 Å². The van der Waals surface area contributed by atoms with Crippen molar-refractivity contribution in [2.45, 2.75) is 45.4 Å². The minimum atomic E-state index is 1.15. The highest BCUT2D eigenvalue weighted by Crippen LogP contribution is 2.28. The van der Waals surface area contributed by atoms with Gasteiger partial charge in [-0.1, -0.05) is 25.1 Å². The molecule has 0 unspecified atom stereocenters. The number of allylic oxidation sites excluding steroid dienone is 1. The van der Waals surface area contributed by atoms with E-state index >= 15 is 0 Å². The first kappa shape index (κ1) is 11.8. The number of likely N-dealkylation sites (tertiary alicyclic amines) is 1. The standard InChI is InChI=1S/C17H23N/c1-2-14-6-7-16-13-17(9-8-15(16)12-14)18-10-4-3-5-11-18/h6-7,12-13H,2-5,8-11H2,1H3. The number of rotatable bonds is 2. The molecule has 1 aliphatic carbocycles. The van der Waals surface area contributed by atoms with Crippen LogP contribution in [-0.2, 0) is 12.8 Å².